The molecule has 0 unspecified atom stereocenters. The van der Waals surface area contributed by atoms with Crippen LogP contribution in [0.2, 0.25) is 0 Å². The average molecular weight is 308 g/mol. The van der Waals surface area contributed by atoms with Crippen molar-refractivity contribution in [3.05, 3.63) is 53.3 Å². The van der Waals surface area contributed by atoms with Gasteiger partial charge in [-0.1, -0.05) is 29.8 Å². The Morgan fingerprint density at radius 2 is 1.81 bits per heavy atom. The van der Waals surface area contributed by atoms with Crippen LogP contribution in [0.1, 0.15) is 16.9 Å². The fourth-order valence-corrected chi connectivity index (χ4v) is 3.03. The molecule has 21 heavy (non-hydrogen) atoms. The van der Waals surface area contributed by atoms with Gasteiger partial charge in [0.05, 0.1) is 6.54 Å². The highest BCUT2D eigenvalue weighted by Crippen LogP contribution is 2.19. The quantitative estimate of drug-likeness (QED) is 0.888. The van der Waals surface area contributed by atoms with Crippen molar-refractivity contribution >= 4 is 10.0 Å². The van der Waals surface area contributed by atoms with Gasteiger partial charge in [-0.05, 0) is 31.7 Å². The van der Waals surface area contributed by atoms with Crippen molar-refractivity contribution in [3.8, 4) is 0 Å². The molecule has 2 aromatic rings. The average Bonchev–Trinajstić information content (AvgIpc) is 2.91. The molecule has 1 heterocycles. The lowest BCUT2D eigenvalue weighted by atomic mass is 10.1. The van der Waals surface area contributed by atoms with Crippen molar-refractivity contribution < 1.29 is 12.8 Å². The van der Waals surface area contributed by atoms with E-state index in [-0.39, 0.29) is 5.09 Å². The minimum Gasteiger partial charge on any atom is -0.447 e. The van der Waals surface area contributed by atoms with Gasteiger partial charge in [0.15, 0.2) is 0 Å². The summed E-state index contributed by atoms with van der Waals surface area (Å²) in [6.07, 6.45) is 0. The number of furan rings is 1. The lowest BCUT2D eigenvalue weighted by molar-refractivity contribution is 0.382. The fourth-order valence-electron chi connectivity index (χ4n) is 1.96. The van der Waals surface area contributed by atoms with Gasteiger partial charge in [0.25, 0.3) is 10.0 Å². The summed E-state index contributed by atoms with van der Waals surface area (Å²) in [5.74, 6) is 0.597. The molecule has 114 valence electrons. The Kier molecular flexibility index (Phi) is 4.82. The molecule has 1 N–H and O–H groups in total. The second-order valence-corrected chi connectivity index (χ2v) is 6.97. The number of sulfonamides is 1. The third-order valence-electron chi connectivity index (χ3n) is 3.18. The minimum absolute atomic E-state index is 0.0256. The molecule has 0 aliphatic heterocycles. The van der Waals surface area contributed by atoms with Crippen LogP contribution in [0, 0.1) is 6.92 Å². The second kappa shape index (κ2) is 6.43. The Balaban J connectivity index is 2.15. The van der Waals surface area contributed by atoms with Crippen molar-refractivity contribution in [1.82, 2.24) is 9.62 Å². The molecular formula is C15H20N2O3S. The Labute approximate surface area is 125 Å². The van der Waals surface area contributed by atoms with Crippen LogP contribution < -0.4 is 5.32 Å². The fraction of sp³-hybridized carbons (Fsp3) is 0.333. The summed E-state index contributed by atoms with van der Waals surface area (Å²) in [6.45, 7) is 2.80. The van der Waals surface area contributed by atoms with E-state index < -0.39 is 10.0 Å². The normalized spacial score (nSPS) is 12.0. The molecule has 0 spiro atoms. The van der Waals surface area contributed by atoms with Gasteiger partial charge in [-0.3, -0.25) is 0 Å². The highest BCUT2D eigenvalue weighted by molar-refractivity contribution is 7.88. The number of nitrogens with one attached hydrogen (secondary N) is 1. The highest BCUT2D eigenvalue weighted by Gasteiger charge is 2.24. The SMILES string of the molecule is CNCc1ccc(S(=O)(=O)N(C)Cc2ccc(C)cc2)o1. The summed E-state index contributed by atoms with van der Waals surface area (Å²) in [4.78, 5) is 0. The molecule has 0 aliphatic rings. The summed E-state index contributed by atoms with van der Waals surface area (Å²) in [5.41, 5.74) is 2.08. The lowest BCUT2D eigenvalue weighted by Crippen LogP contribution is -2.26. The summed E-state index contributed by atoms with van der Waals surface area (Å²) < 4.78 is 31.5. The number of aryl methyl sites for hydroxylation is 1. The van der Waals surface area contributed by atoms with E-state index in [0.29, 0.717) is 18.8 Å². The molecule has 0 saturated heterocycles. The zero-order chi connectivity index (χ0) is 15.5. The van der Waals surface area contributed by atoms with Gasteiger partial charge in [0.1, 0.15) is 5.76 Å². The van der Waals surface area contributed by atoms with E-state index in [4.69, 9.17) is 4.42 Å². The first-order valence-corrected chi connectivity index (χ1v) is 8.12. The Bertz CT molecular complexity index is 690. The zero-order valence-electron chi connectivity index (χ0n) is 12.5. The van der Waals surface area contributed by atoms with Crippen LogP contribution >= 0.6 is 0 Å². The molecule has 0 atom stereocenters. The van der Waals surface area contributed by atoms with Crippen molar-refractivity contribution in [1.29, 1.82) is 0 Å². The van der Waals surface area contributed by atoms with Gasteiger partial charge < -0.3 is 9.73 Å². The minimum atomic E-state index is -3.61. The maximum atomic E-state index is 12.4. The van der Waals surface area contributed by atoms with Crippen LogP contribution in [0.4, 0.5) is 0 Å². The molecule has 1 aromatic heterocycles. The first kappa shape index (κ1) is 15.8. The Morgan fingerprint density at radius 1 is 1.14 bits per heavy atom. The molecule has 0 bridgehead atoms. The van der Waals surface area contributed by atoms with Gasteiger partial charge in [-0.25, -0.2) is 8.42 Å². The highest BCUT2D eigenvalue weighted by atomic mass is 32.2. The lowest BCUT2D eigenvalue weighted by Gasteiger charge is -2.15. The van der Waals surface area contributed by atoms with E-state index in [1.165, 1.54) is 10.4 Å². The molecule has 5 nitrogen and oxygen atoms in total. The van der Waals surface area contributed by atoms with Gasteiger partial charge >= 0.3 is 0 Å². The maximum Gasteiger partial charge on any atom is 0.276 e. The molecule has 0 radical (unpaired) electrons. The van der Waals surface area contributed by atoms with Crippen LogP contribution in [0.3, 0.4) is 0 Å². The number of nitrogens with zero attached hydrogens (tertiary/aromatic N) is 1. The van der Waals surface area contributed by atoms with E-state index in [1.54, 1.807) is 20.2 Å². The van der Waals surface area contributed by atoms with E-state index in [0.717, 1.165) is 11.1 Å². The smallest absolute Gasteiger partial charge is 0.276 e. The summed E-state index contributed by atoms with van der Waals surface area (Å²) in [5, 5.41) is 2.90. The summed E-state index contributed by atoms with van der Waals surface area (Å²) in [7, 11) is -0.277. The first-order valence-electron chi connectivity index (χ1n) is 6.68. The Hall–Kier alpha value is -1.63. The van der Waals surface area contributed by atoms with Crippen LogP contribution in [-0.2, 0) is 23.1 Å². The van der Waals surface area contributed by atoms with Crippen LogP contribution in [-0.4, -0.2) is 26.8 Å². The molecule has 1 aromatic carbocycles. The third-order valence-corrected chi connectivity index (χ3v) is 4.86. The van der Waals surface area contributed by atoms with Crippen LogP contribution in [0.15, 0.2) is 45.9 Å². The summed E-state index contributed by atoms with van der Waals surface area (Å²) >= 11 is 0. The molecule has 0 amide bonds. The van der Waals surface area contributed by atoms with Crippen molar-refractivity contribution in [2.75, 3.05) is 14.1 Å². The molecule has 6 heteroatoms. The molecule has 0 fully saturated rings. The van der Waals surface area contributed by atoms with Crippen molar-refractivity contribution in [3.63, 3.8) is 0 Å². The first-order chi connectivity index (χ1) is 9.93. The van der Waals surface area contributed by atoms with Gasteiger partial charge in [-0.2, -0.15) is 4.31 Å². The predicted molar refractivity (Wildman–Crippen MR) is 81.3 cm³/mol. The van der Waals surface area contributed by atoms with Gasteiger partial charge in [0.2, 0.25) is 5.09 Å². The maximum absolute atomic E-state index is 12.4. The standard InChI is InChI=1S/C15H20N2O3S/c1-12-4-6-13(7-5-12)11-17(3)21(18,19)15-9-8-14(20-15)10-16-2/h4-9,16H,10-11H2,1-3H3. The molecule has 0 saturated carbocycles. The number of hydrogen-bond donors (Lipinski definition) is 1. The van der Waals surface area contributed by atoms with E-state index in [2.05, 4.69) is 5.32 Å². The molecule has 2 rings (SSSR count). The summed E-state index contributed by atoms with van der Waals surface area (Å²) in [6, 6.07) is 10.9. The van der Waals surface area contributed by atoms with Crippen molar-refractivity contribution in [2.24, 2.45) is 0 Å². The largest absolute Gasteiger partial charge is 0.447 e. The van der Waals surface area contributed by atoms with Crippen LogP contribution in [0.5, 0.6) is 0 Å². The third kappa shape index (κ3) is 3.72. The van der Waals surface area contributed by atoms with Crippen LogP contribution in [0.25, 0.3) is 0 Å². The topological polar surface area (TPSA) is 62.6 Å². The number of rotatable bonds is 6. The van der Waals surface area contributed by atoms with E-state index >= 15 is 0 Å². The zero-order valence-corrected chi connectivity index (χ0v) is 13.3. The Morgan fingerprint density at radius 3 is 2.43 bits per heavy atom. The van der Waals surface area contributed by atoms with E-state index in [1.807, 2.05) is 31.2 Å². The second-order valence-electron chi connectivity index (χ2n) is 5.00. The number of benzene rings is 1. The van der Waals surface area contributed by atoms with Gasteiger partial charge in [-0.15, -0.1) is 0 Å². The number of hydrogen-bond acceptors (Lipinski definition) is 4. The molecular weight excluding hydrogens is 288 g/mol. The van der Waals surface area contributed by atoms with Gasteiger partial charge in [0, 0.05) is 13.6 Å². The molecule has 0 aliphatic carbocycles. The predicted octanol–water partition coefficient (Wildman–Crippen LogP) is 2.13. The van der Waals surface area contributed by atoms with Crippen molar-refractivity contribution in [2.45, 2.75) is 25.1 Å². The van der Waals surface area contributed by atoms with E-state index in [9.17, 15) is 8.42 Å². The monoisotopic (exact) mass is 308 g/mol.